The monoisotopic (exact) mass is 361 g/mol. The summed E-state index contributed by atoms with van der Waals surface area (Å²) in [5.74, 6) is 0.0956. The van der Waals surface area contributed by atoms with Crippen LogP contribution in [-0.4, -0.2) is 28.7 Å². The van der Waals surface area contributed by atoms with Gasteiger partial charge >= 0.3 is 0 Å². The van der Waals surface area contributed by atoms with Crippen LogP contribution >= 0.6 is 31.9 Å². The molecule has 0 aromatic heterocycles. The van der Waals surface area contributed by atoms with Gasteiger partial charge in [0.15, 0.2) is 0 Å². The molecule has 0 aliphatic carbocycles. The molecule has 94 valence electrons. The Balaban J connectivity index is 3.05. The van der Waals surface area contributed by atoms with E-state index in [4.69, 9.17) is 0 Å². The topological polar surface area (TPSA) is 20.3 Å². The molecule has 0 aliphatic heterocycles. The summed E-state index contributed by atoms with van der Waals surface area (Å²) in [5, 5.41) is 0.796. The highest BCUT2D eigenvalue weighted by atomic mass is 79.9. The molecule has 0 saturated heterocycles. The number of benzene rings is 1. The summed E-state index contributed by atoms with van der Waals surface area (Å²) in [6.45, 7) is 6.76. The van der Waals surface area contributed by atoms with Crippen LogP contribution in [0, 0.1) is 6.92 Å². The van der Waals surface area contributed by atoms with Crippen molar-refractivity contribution in [3.63, 3.8) is 0 Å². The van der Waals surface area contributed by atoms with Gasteiger partial charge < -0.3 is 4.90 Å². The van der Waals surface area contributed by atoms with Crippen molar-refractivity contribution >= 4 is 37.8 Å². The molecule has 0 spiro atoms. The fourth-order valence-corrected chi connectivity index (χ4v) is 2.43. The number of hydrogen-bond acceptors (Lipinski definition) is 1. The van der Waals surface area contributed by atoms with Crippen LogP contribution in [0.3, 0.4) is 0 Å². The highest BCUT2D eigenvalue weighted by molar-refractivity contribution is 9.10. The summed E-state index contributed by atoms with van der Waals surface area (Å²) in [4.78, 5) is 14.3. The van der Waals surface area contributed by atoms with Crippen molar-refractivity contribution in [3.05, 3.63) is 33.8 Å². The van der Waals surface area contributed by atoms with E-state index in [2.05, 4.69) is 31.9 Å². The summed E-state index contributed by atoms with van der Waals surface area (Å²) in [5.41, 5.74) is 1.77. The quantitative estimate of drug-likeness (QED) is 0.741. The Labute approximate surface area is 120 Å². The van der Waals surface area contributed by atoms with Gasteiger partial charge in [-0.2, -0.15) is 0 Å². The first-order valence-corrected chi connectivity index (χ1v) is 7.52. The van der Waals surface area contributed by atoms with Crippen molar-refractivity contribution in [1.82, 2.24) is 4.90 Å². The minimum absolute atomic E-state index is 0.0956. The molecule has 0 atom stereocenters. The van der Waals surface area contributed by atoms with Crippen molar-refractivity contribution in [2.75, 3.05) is 11.9 Å². The lowest BCUT2D eigenvalue weighted by molar-refractivity contribution is 0.0718. The van der Waals surface area contributed by atoms with Gasteiger partial charge in [0.2, 0.25) is 0 Å². The van der Waals surface area contributed by atoms with Crippen LogP contribution < -0.4 is 0 Å². The van der Waals surface area contributed by atoms with Crippen LogP contribution in [0.1, 0.15) is 29.8 Å². The van der Waals surface area contributed by atoms with Gasteiger partial charge in [0.05, 0.1) is 0 Å². The molecule has 0 unspecified atom stereocenters. The SMILES string of the molecule is Cc1c(Br)cccc1C(=O)N(CCBr)C(C)C. The van der Waals surface area contributed by atoms with Crippen LogP contribution in [-0.2, 0) is 0 Å². The second kappa shape index (κ2) is 6.55. The number of alkyl halides is 1. The zero-order chi connectivity index (χ0) is 13.0. The lowest BCUT2D eigenvalue weighted by Crippen LogP contribution is -2.38. The number of hydrogen-bond donors (Lipinski definition) is 0. The van der Waals surface area contributed by atoms with E-state index in [9.17, 15) is 4.79 Å². The Kier molecular flexibility index (Phi) is 5.67. The van der Waals surface area contributed by atoms with Crippen molar-refractivity contribution in [3.8, 4) is 0 Å². The Morgan fingerprint density at radius 1 is 1.41 bits per heavy atom. The number of carbonyl (C=O) groups is 1. The van der Waals surface area contributed by atoms with E-state index in [1.165, 1.54) is 0 Å². The third-order valence-corrected chi connectivity index (χ3v) is 3.92. The first-order valence-electron chi connectivity index (χ1n) is 5.61. The second-order valence-corrected chi connectivity index (χ2v) is 5.84. The summed E-state index contributed by atoms with van der Waals surface area (Å²) in [6, 6.07) is 5.94. The molecule has 0 heterocycles. The minimum Gasteiger partial charge on any atom is -0.335 e. The van der Waals surface area contributed by atoms with E-state index in [0.29, 0.717) is 0 Å². The van der Waals surface area contributed by atoms with Gasteiger partial charge in [-0.1, -0.05) is 37.9 Å². The van der Waals surface area contributed by atoms with Crippen molar-refractivity contribution in [2.45, 2.75) is 26.8 Å². The number of rotatable bonds is 4. The third-order valence-electron chi connectivity index (χ3n) is 2.71. The Morgan fingerprint density at radius 2 is 2.06 bits per heavy atom. The summed E-state index contributed by atoms with van der Waals surface area (Å²) >= 11 is 6.85. The molecular weight excluding hydrogens is 346 g/mol. The molecule has 1 rings (SSSR count). The highest BCUT2D eigenvalue weighted by Crippen LogP contribution is 2.21. The number of carbonyl (C=O) groups excluding carboxylic acids is 1. The van der Waals surface area contributed by atoms with E-state index in [0.717, 1.165) is 27.5 Å². The van der Waals surface area contributed by atoms with E-state index in [-0.39, 0.29) is 11.9 Å². The van der Waals surface area contributed by atoms with Crippen molar-refractivity contribution in [1.29, 1.82) is 0 Å². The van der Waals surface area contributed by atoms with Gasteiger partial charge in [-0.3, -0.25) is 4.79 Å². The summed E-state index contributed by atoms with van der Waals surface area (Å²) in [6.07, 6.45) is 0. The zero-order valence-corrected chi connectivity index (χ0v) is 13.5. The van der Waals surface area contributed by atoms with Gasteiger partial charge in [-0.05, 0) is 38.5 Å². The molecule has 0 fully saturated rings. The number of nitrogens with zero attached hydrogens (tertiary/aromatic N) is 1. The van der Waals surface area contributed by atoms with Gasteiger partial charge in [0, 0.05) is 28.0 Å². The normalized spacial score (nSPS) is 10.7. The summed E-state index contributed by atoms with van der Waals surface area (Å²) in [7, 11) is 0. The van der Waals surface area contributed by atoms with Crippen LogP contribution in [0.25, 0.3) is 0 Å². The van der Waals surface area contributed by atoms with Crippen LogP contribution in [0.4, 0.5) is 0 Å². The lowest BCUT2D eigenvalue weighted by atomic mass is 10.1. The fourth-order valence-electron chi connectivity index (χ4n) is 1.68. The zero-order valence-electron chi connectivity index (χ0n) is 10.3. The molecule has 1 amide bonds. The molecule has 4 heteroatoms. The predicted molar refractivity (Wildman–Crippen MR) is 78.8 cm³/mol. The molecule has 0 N–H and O–H groups in total. The number of halogens is 2. The van der Waals surface area contributed by atoms with Crippen molar-refractivity contribution in [2.24, 2.45) is 0 Å². The van der Waals surface area contributed by atoms with Gasteiger partial charge in [-0.25, -0.2) is 0 Å². The lowest BCUT2D eigenvalue weighted by Gasteiger charge is -2.26. The van der Waals surface area contributed by atoms with Gasteiger partial charge in [-0.15, -0.1) is 0 Å². The first-order chi connectivity index (χ1) is 7.99. The largest absolute Gasteiger partial charge is 0.335 e. The molecule has 1 aromatic carbocycles. The highest BCUT2D eigenvalue weighted by Gasteiger charge is 2.20. The molecule has 2 nitrogen and oxygen atoms in total. The molecular formula is C13H17Br2NO. The Hall–Kier alpha value is -0.350. The first kappa shape index (κ1) is 14.7. The molecule has 0 bridgehead atoms. The third kappa shape index (κ3) is 3.55. The van der Waals surface area contributed by atoms with Gasteiger partial charge in [0.1, 0.15) is 0 Å². The second-order valence-electron chi connectivity index (χ2n) is 4.19. The maximum atomic E-state index is 12.4. The molecule has 0 radical (unpaired) electrons. The van der Waals surface area contributed by atoms with Crippen LogP contribution in [0.2, 0.25) is 0 Å². The minimum atomic E-state index is 0.0956. The van der Waals surface area contributed by atoms with Gasteiger partial charge in [0.25, 0.3) is 5.91 Å². The Morgan fingerprint density at radius 3 is 2.59 bits per heavy atom. The maximum absolute atomic E-state index is 12.4. The van der Waals surface area contributed by atoms with Crippen LogP contribution in [0.5, 0.6) is 0 Å². The standard InChI is InChI=1S/C13H17Br2NO/c1-9(2)16(8-7-14)13(17)11-5-4-6-12(15)10(11)3/h4-6,9H,7-8H2,1-3H3. The van der Waals surface area contributed by atoms with E-state index < -0.39 is 0 Å². The summed E-state index contributed by atoms with van der Waals surface area (Å²) < 4.78 is 0.978. The maximum Gasteiger partial charge on any atom is 0.254 e. The molecule has 0 aliphatic rings. The average molecular weight is 363 g/mol. The smallest absolute Gasteiger partial charge is 0.254 e. The van der Waals surface area contributed by atoms with E-state index >= 15 is 0 Å². The molecule has 0 saturated carbocycles. The van der Waals surface area contributed by atoms with Crippen LogP contribution in [0.15, 0.2) is 22.7 Å². The molecule has 1 aromatic rings. The predicted octanol–water partition coefficient (Wildman–Crippen LogP) is 4.00. The Bertz CT molecular complexity index is 404. The number of amides is 1. The average Bonchev–Trinajstić information content (AvgIpc) is 2.28. The van der Waals surface area contributed by atoms with E-state index in [1.807, 2.05) is 43.9 Å². The van der Waals surface area contributed by atoms with E-state index in [1.54, 1.807) is 0 Å². The fraction of sp³-hybridized carbons (Fsp3) is 0.462. The van der Waals surface area contributed by atoms with Crippen molar-refractivity contribution < 1.29 is 4.79 Å². The molecule has 17 heavy (non-hydrogen) atoms.